The maximum Gasteiger partial charge on any atom is 0.123 e. The number of rotatable bonds is 3. The molecule has 0 N–H and O–H groups in total. The lowest BCUT2D eigenvalue weighted by molar-refractivity contribution is 0.277. The van der Waals surface area contributed by atoms with Gasteiger partial charge in [-0.3, -0.25) is 0 Å². The van der Waals surface area contributed by atoms with Gasteiger partial charge in [-0.2, -0.15) is 0 Å². The summed E-state index contributed by atoms with van der Waals surface area (Å²) in [5.41, 5.74) is 1.93. The molecule has 4 heteroatoms. The molecule has 3 nitrogen and oxygen atoms in total. The summed E-state index contributed by atoms with van der Waals surface area (Å²) < 4.78 is 15.2. The van der Waals surface area contributed by atoms with E-state index in [0.29, 0.717) is 5.92 Å². The molecule has 1 unspecified atom stereocenters. The molecule has 1 atom stereocenters. The number of aromatic nitrogens is 2. The first-order valence-electron chi connectivity index (χ1n) is 7.08. The lowest BCUT2D eigenvalue weighted by Gasteiger charge is -2.25. The molecule has 0 spiro atoms. The van der Waals surface area contributed by atoms with Crippen LogP contribution >= 0.6 is 0 Å². The average molecular weight is 273 g/mol. The van der Waals surface area contributed by atoms with Gasteiger partial charge in [0.2, 0.25) is 0 Å². The Hall–Kier alpha value is -1.68. The first-order valence-corrected chi connectivity index (χ1v) is 7.08. The van der Waals surface area contributed by atoms with Crippen LogP contribution in [0, 0.1) is 11.7 Å². The highest BCUT2D eigenvalue weighted by molar-refractivity contribution is 5.58. The summed E-state index contributed by atoms with van der Waals surface area (Å²) in [6.45, 7) is 2.14. The summed E-state index contributed by atoms with van der Waals surface area (Å²) >= 11 is 0. The fourth-order valence-corrected chi connectivity index (χ4v) is 2.92. The number of aryl methyl sites for hydroxylation is 1. The van der Waals surface area contributed by atoms with Crippen molar-refractivity contribution in [1.82, 2.24) is 14.5 Å². The van der Waals surface area contributed by atoms with E-state index in [1.165, 1.54) is 18.6 Å². The number of benzene rings is 1. The first kappa shape index (κ1) is 13.3. The molecule has 1 aliphatic rings. The van der Waals surface area contributed by atoms with E-state index in [1.54, 1.807) is 12.1 Å². The Bertz CT molecular complexity index is 586. The van der Waals surface area contributed by atoms with Gasteiger partial charge in [0.25, 0.3) is 0 Å². The maximum absolute atomic E-state index is 13.0. The third-order valence-corrected chi connectivity index (χ3v) is 3.87. The van der Waals surface area contributed by atoms with E-state index in [2.05, 4.69) is 29.8 Å². The van der Waals surface area contributed by atoms with E-state index in [-0.39, 0.29) is 5.82 Å². The van der Waals surface area contributed by atoms with E-state index >= 15 is 0 Å². The largest absolute Gasteiger partial charge is 0.334 e. The second kappa shape index (κ2) is 5.37. The molecular weight excluding hydrogens is 253 g/mol. The highest BCUT2D eigenvalue weighted by Gasteiger charge is 2.21. The van der Waals surface area contributed by atoms with E-state index in [1.807, 2.05) is 0 Å². The molecule has 2 heterocycles. The van der Waals surface area contributed by atoms with Crippen molar-refractivity contribution in [3.8, 4) is 11.3 Å². The average Bonchev–Trinajstić information content (AvgIpc) is 2.81. The van der Waals surface area contributed by atoms with Gasteiger partial charge in [0.15, 0.2) is 0 Å². The van der Waals surface area contributed by atoms with Crippen LogP contribution in [0.5, 0.6) is 0 Å². The maximum atomic E-state index is 13.0. The molecule has 0 amide bonds. The van der Waals surface area contributed by atoms with Gasteiger partial charge >= 0.3 is 0 Å². The minimum atomic E-state index is -0.205. The summed E-state index contributed by atoms with van der Waals surface area (Å²) in [5.74, 6) is 1.63. The smallest absolute Gasteiger partial charge is 0.123 e. The topological polar surface area (TPSA) is 21.1 Å². The lowest BCUT2D eigenvalue weighted by atomic mass is 9.97. The van der Waals surface area contributed by atoms with Gasteiger partial charge < -0.3 is 9.47 Å². The molecule has 106 valence electrons. The minimum absolute atomic E-state index is 0.205. The number of fused-ring (bicyclic) bond motifs is 1. The van der Waals surface area contributed by atoms with Crippen LogP contribution < -0.4 is 0 Å². The van der Waals surface area contributed by atoms with Crippen molar-refractivity contribution in [1.29, 1.82) is 0 Å². The molecule has 0 saturated heterocycles. The van der Waals surface area contributed by atoms with Crippen molar-refractivity contribution < 1.29 is 4.39 Å². The van der Waals surface area contributed by atoms with Gasteiger partial charge in [0, 0.05) is 31.3 Å². The molecular formula is C16H20FN3. The normalized spacial score (nSPS) is 18.3. The van der Waals surface area contributed by atoms with Gasteiger partial charge in [0.1, 0.15) is 11.6 Å². The van der Waals surface area contributed by atoms with Gasteiger partial charge in [-0.15, -0.1) is 0 Å². The molecule has 0 bridgehead atoms. The van der Waals surface area contributed by atoms with Gasteiger partial charge in [-0.25, -0.2) is 9.37 Å². The lowest BCUT2D eigenvalue weighted by Crippen LogP contribution is -2.28. The fourth-order valence-electron chi connectivity index (χ4n) is 2.92. The highest BCUT2D eigenvalue weighted by atomic mass is 19.1. The van der Waals surface area contributed by atoms with E-state index < -0.39 is 0 Å². The Morgan fingerprint density at radius 3 is 2.75 bits per heavy atom. The van der Waals surface area contributed by atoms with Crippen LogP contribution in [0.1, 0.15) is 12.2 Å². The van der Waals surface area contributed by atoms with Crippen LogP contribution in [0.4, 0.5) is 4.39 Å². The van der Waals surface area contributed by atoms with Crippen molar-refractivity contribution in [3.63, 3.8) is 0 Å². The Kier molecular flexibility index (Phi) is 3.57. The second-order valence-corrected chi connectivity index (χ2v) is 5.86. The number of hydrogen-bond donors (Lipinski definition) is 0. The van der Waals surface area contributed by atoms with E-state index in [4.69, 9.17) is 4.98 Å². The van der Waals surface area contributed by atoms with Crippen LogP contribution in [0.3, 0.4) is 0 Å². The molecule has 0 saturated carbocycles. The van der Waals surface area contributed by atoms with Crippen LogP contribution in [-0.4, -0.2) is 35.1 Å². The van der Waals surface area contributed by atoms with Crippen molar-refractivity contribution in [2.45, 2.75) is 19.4 Å². The second-order valence-electron chi connectivity index (χ2n) is 5.86. The third-order valence-electron chi connectivity index (χ3n) is 3.87. The molecule has 0 aliphatic carbocycles. The van der Waals surface area contributed by atoms with Crippen molar-refractivity contribution >= 4 is 0 Å². The van der Waals surface area contributed by atoms with E-state index in [9.17, 15) is 4.39 Å². The van der Waals surface area contributed by atoms with Gasteiger partial charge in [-0.05, 0) is 50.7 Å². The Morgan fingerprint density at radius 1 is 1.30 bits per heavy atom. The van der Waals surface area contributed by atoms with Gasteiger partial charge in [-0.1, -0.05) is 0 Å². The summed E-state index contributed by atoms with van der Waals surface area (Å²) in [6.07, 6.45) is 4.32. The third kappa shape index (κ3) is 2.75. The monoisotopic (exact) mass is 273 g/mol. The van der Waals surface area contributed by atoms with Crippen molar-refractivity contribution in [3.05, 3.63) is 42.1 Å². The van der Waals surface area contributed by atoms with E-state index in [0.717, 1.165) is 36.6 Å². The van der Waals surface area contributed by atoms with Crippen molar-refractivity contribution in [2.24, 2.45) is 5.92 Å². The molecule has 1 aliphatic heterocycles. The summed E-state index contributed by atoms with van der Waals surface area (Å²) in [7, 11) is 4.23. The molecule has 0 radical (unpaired) electrons. The fraction of sp³-hybridized carbons (Fsp3) is 0.438. The van der Waals surface area contributed by atoms with Gasteiger partial charge in [0.05, 0.1) is 5.69 Å². The molecule has 1 aromatic carbocycles. The zero-order chi connectivity index (χ0) is 14.1. The number of nitrogens with zero attached hydrogens (tertiary/aromatic N) is 3. The standard InChI is InChI=1S/C16H20FN3/c1-19(2)10-12-7-8-20-11-15(18-16(20)9-12)13-3-5-14(17)6-4-13/h3-6,11-12H,7-10H2,1-2H3. The zero-order valence-electron chi connectivity index (χ0n) is 12.0. The first-order chi connectivity index (χ1) is 9.61. The Morgan fingerprint density at radius 2 is 2.05 bits per heavy atom. The summed E-state index contributed by atoms with van der Waals surface area (Å²) in [6, 6.07) is 6.56. The molecule has 3 rings (SSSR count). The SMILES string of the molecule is CN(C)CC1CCn2cc(-c3ccc(F)cc3)nc2C1. The number of halogens is 1. The predicted molar refractivity (Wildman–Crippen MR) is 78.0 cm³/mol. The van der Waals surface area contributed by atoms with Crippen LogP contribution in [0.25, 0.3) is 11.3 Å². The molecule has 2 aromatic rings. The molecule has 1 aromatic heterocycles. The van der Waals surface area contributed by atoms with Crippen LogP contribution in [-0.2, 0) is 13.0 Å². The predicted octanol–water partition coefficient (Wildman–Crippen LogP) is 2.81. The molecule has 0 fully saturated rings. The highest BCUT2D eigenvalue weighted by Crippen LogP contribution is 2.25. The summed E-state index contributed by atoms with van der Waals surface area (Å²) in [4.78, 5) is 6.97. The number of imidazole rings is 1. The Labute approximate surface area is 119 Å². The minimum Gasteiger partial charge on any atom is -0.334 e. The van der Waals surface area contributed by atoms with Crippen LogP contribution in [0.15, 0.2) is 30.5 Å². The van der Waals surface area contributed by atoms with Crippen molar-refractivity contribution in [2.75, 3.05) is 20.6 Å². The molecule has 20 heavy (non-hydrogen) atoms. The number of hydrogen-bond acceptors (Lipinski definition) is 2. The zero-order valence-corrected chi connectivity index (χ0v) is 12.0. The quantitative estimate of drug-likeness (QED) is 0.857. The Balaban J connectivity index is 1.81. The van der Waals surface area contributed by atoms with Crippen LogP contribution in [0.2, 0.25) is 0 Å². The summed E-state index contributed by atoms with van der Waals surface area (Å²) in [5, 5.41) is 0.